The summed E-state index contributed by atoms with van der Waals surface area (Å²) in [5.74, 6) is -0.117. The average Bonchev–Trinajstić information content (AvgIpc) is 2.45. The number of nitrogens with zero attached hydrogens (tertiary/aromatic N) is 1. The minimum absolute atomic E-state index is 0.00220. The van der Waals surface area contributed by atoms with Crippen LogP contribution in [0, 0.1) is 5.82 Å². The van der Waals surface area contributed by atoms with Crippen molar-refractivity contribution in [1.82, 2.24) is 4.31 Å². The zero-order valence-corrected chi connectivity index (χ0v) is 12.5. The standard InChI is InChI=1S/C13H17ClFNO3S/c14-6-9-19-12-4-7-16(8-5-12)20(17,18)13-3-1-2-11(15)10-13/h1-3,10,12H,4-9H2. The van der Waals surface area contributed by atoms with Gasteiger partial charge >= 0.3 is 0 Å². The van der Waals surface area contributed by atoms with Crippen LogP contribution in [0.25, 0.3) is 0 Å². The molecule has 7 heteroatoms. The second-order valence-electron chi connectivity index (χ2n) is 4.62. The highest BCUT2D eigenvalue weighted by Gasteiger charge is 2.29. The van der Waals surface area contributed by atoms with E-state index in [9.17, 15) is 12.8 Å². The Morgan fingerprint density at radius 3 is 2.65 bits per heavy atom. The Labute approximate surface area is 123 Å². The lowest BCUT2D eigenvalue weighted by Gasteiger charge is -2.31. The topological polar surface area (TPSA) is 46.6 Å². The maximum Gasteiger partial charge on any atom is 0.243 e. The van der Waals surface area contributed by atoms with Gasteiger partial charge in [0.1, 0.15) is 5.82 Å². The summed E-state index contributed by atoms with van der Waals surface area (Å²) >= 11 is 5.55. The van der Waals surface area contributed by atoms with Gasteiger partial charge < -0.3 is 4.74 Å². The summed E-state index contributed by atoms with van der Waals surface area (Å²) in [7, 11) is -3.62. The lowest BCUT2D eigenvalue weighted by Crippen LogP contribution is -2.41. The van der Waals surface area contributed by atoms with Crippen molar-refractivity contribution in [1.29, 1.82) is 0 Å². The predicted molar refractivity (Wildman–Crippen MR) is 74.9 cm³/mol. The molecule has 1 aromatic carbocycles. The molecule has 0 bridgehead atoms. The number of piperidine rings is 1. The van der Waals surface area contributed by atoms with Crippen LogP contribution in [0.15, 0.2) is 29.2 Å². The summed E-state index contributed by atoms with van der Waals surface area (Å²) in [6.45, 7) is 1.24. The van der Waals surface area contributed by atoms with E-state index in [0.29, 0.717) is 38.4 Å². The Kier molecular flexibility index (Phi) is 5.37. The van der Waals surface area contributed by atoms with E-state index in [1.807, 2.05) is 0 Å². The van der Waals surface area contributed by atoms with Crippen LogP contribution in [-0.2, 0) is 14.8 Å². The summed E-state index contributed by atoms with van der Waals surface area (Å²) < 4.78 is 44.7. The molecule has 0 aliphatic carbocycles. The van der Waals surface area contributed by atoms with Crippen molar-refractivity contribution in [2.24, 2.45) is 0 Å². The van der Waals surface area contributed by atoms with Gasteiger partial charge in [-0.2, -0.15) is 4.31 Å². The van der Waals surface area contributed by atoms with Crippen LogP contribution in [-0.4, -0.2) is 44.4 Å². The van der Waals surface area contributed by atoms with Gasteiger partial charge in [-0.15, -0.1) is 11.6 Å². The molecule has 0 atom stereocenters. The zero-order chi connectivity index (χ0) is 14.6. The molecule has 2 rings (SSSR count). The summed E-state index contributed by atoms with van der Waals surface area (Å²) in [5, 5.41) is 0. The van der Waals surface area contributed by atoms with E-state index in [1.165, 1.54) is 22.5 Å². The first-order valence-corrected chi connectivity index (χ1v) is 8.45. The highest BCUT2D eigenvalue weighted by molar-refractivity contribution is 7.89. The summed E-state index contributed by atoms with van der Waals surface area (Å²) in [6, 6.07) is 5.09. The number of hydrogen-bond acceptors (Lipinski definition) is 3. The molecule has 0 N–H and O–H groups in total. The Bertz CT molecular complexity index is 544. The van der Waals surface area contributed by atoms with Gasteiger partial charge in [0.2, 0.25) is 10.0 Å². The fourth-order valence-electron chi connectivity index (χ4n) is 2.23. The van der Waals surface area contributed by atoms with Gasteiger partial charge in [0, 0.05) is 19.0 Å². The van der Waals surface area contributed by atoms with Crippen molar-refractivity contribution in [3.05, 3.63) is 30.1 Å². The molecule has 0 unspecified atom stereocenters. The second-order valence-corrected chi connectivity index (χ2v) is 6.94. The average molecular weight is 322 g/mol. The van der Waals surface area contributed by atoms with Crippen LogP contribution in [0.2, 0.25) is 0 Å². The van der Waals surface area contributed by atoms with E-state index >= 15 is 0 Å². The molecular formula is C13H17ClFNO3S. The van der Waals surface area contributed by atoms with E-state index in [-0.39, 0.29) is 11.0 Å². The highest BCUT2D eigenvalue weighted by atomic mass is 35.5. The van der Waals surface area contributed by atoms with Gasteiger partial charge in [-0.05, 0) is 31.0 Å². The number of rotatable bonds is 5. The Balaban J connectivity index is 2.02. The third-order valence-electron chi connectivity index (χ3n) is 3.27. The Morgan fingerprint density at radius 2 is 2.05 bits per heavy atom. The van der Waals surface area contributed by atoms with Crippen LogP contribution < -0.4 is 0 Å². The molecule has 0 spiro atoms. The van der Waals surface area contributed by atoms with Crippen molar-refractivity contribution in [2.45, 2.75) is 23.8 Å². The highest BCUT2D eigenvalue weighted by Crippen LogP contribution is 2.22. The van der Waals surface area contributed by atoms with Crippen LogP contribution in [0.5, 0.6) is 0 Å². The fraction of sp³-hybridized carbons (Fsp3) is 0.538. The molecule has 4 nitrogen and oxygen atoms in total. The van der Waals surface area contributed by atoms with Gasteiger partial charge in [-0.25, -0.2) is 12.8 Å². The van der Waals surface area contributed by atoms with Crippen molar-refractivity contribution < 1.29 is 17.5 Å². The minimum Gasteiger partial charge on any atom is -0.377 e. The van der Waals surface area contributed by atoms with Crippen LogP contribution in [0.1, 0.15) is 12.8 Å². The van der Waals surface area contributed by atoms with Crippen LogP contribution in [0.3, 0.4) is 0 Å². The number of alkyl halides is 1. The molecule has 1 fully saturated rings. The lowest BCUT2D eigenvalue weighted by atomic mass is 10.1. The van der Waals surface area contributed by atoms with Crippen LogP contribution >= 0.6 is 11.6 Å². The zero-order valence-electron chi connectivity index (χ0n) is 11.0. The number of halogens is 2. The first kappa shape index (κ1) is 15.7. The lowest BCUT2D eigenvalue weighted by molar-refractivity contribution is 0.0301. The number of sulfonamides is 1. The van der Waals surface area contributed by atoms with Gasteiger partial charge in [-0.3, -0.25) is 0 Å². The Hall–Kier alpha value is -0.690. The molecule has 1 aromatic rings. The molecule has 0 saturated carbocycles. The third kappa shape index (κ3) is 3.69. The van der Waals surface area contributed by atoms with Gasteiger partial charge in [0.25, 0.3) is 0 Å². The van der Waals surface area contributed by atoms with Crippen molar-refractivity contribution in [3.8, 4) is 0 Å². The van der Waals surface area contributed by atoms with Crippen LogP contribution in [0.4, 0.5) is 4.39 Å². The molecule has 1 heterocycles. The third-order valence-corrected chi connectivity index (χ3v) is 5.31. The maximum atomic E-state index is 13.2. The normalized spacial score (nSPS) is 18.3. The molecule has 20 heavy (non-hydrogen) atoms. The van der Waals surface area contributed by atoms with E-state index in [4.69, 9.17) is 16.3 Å². The molecule has 1 aliphatic rings. The smallest absolute Gasteiger partial charge is 0.243 e. The quantitative estimate of drug-likeness (QED) is 0.781. The number of ether oxygens (including phenoxy) is 1. The number of benzene rings is 1. The number of hydrogen-bond donors (Lipinski definition) is 0. The van der Waals surface area contributed by atoms with Crippen molar-refractivity contribution in [3.63, 3.8) is 0 Å². The summed E-state index contributed by atoms with van der Waals surface area (Å²) in [4.78, 5) is -0.00220. The van der Waals surface area contributed by atoms with E-state index in [0.717, 1.165) is 6.07 Å². The van der Waals surface area contributed by atoms with Gasteiger partial charge in [-0.1, -0.05) is 6.07 Å². The molecule has 112 valence electrons. The molecule has 1 saturated heterocycles. The van der Waals surface area contributed by atoms with Gasteiger partial charge in [0.05, 0.1) is 17.6 Å². The first-order chi connectivity index (χ1) is 9.54. The Morgan fingerprint density at radius 1 is 1.35 bits per heavy atom. The SMILES string of the molecule is O=S(=O)(c1cccc(F)c1)N1CCC(OCCCl)CC1. The molecular weight excluding hydrogens is 305 g/mol. The first-order valence-electron chi connectivity index (χ1n) is 6.47. The summed E-state index contributed by atoms with van der Waals surface area (Å²) in [6.07, 6.45) is 1.31. The fourth-order valence-corrected chi connectivity index (χ4v) is 3.82. The van der Waals surface area contributed by atoms with Crippen molar-refractivity contribution >= 4 is 21.6 Å². The van der Waals surface area contributed by atoms with E-state index < -0.39 is 15.8 Å². The summed E-state index contributed by atoms with van der Waals surface area (Å²) in [5.41, 5.74) is 0. The van der Waals surface area contributed by atoms with Crippen molar-refractivity contribution in [2.75, 3.05) is 25.6 Å². The molecule has 0 amide bonds. The predicted octanol–water partition coefficient (Wildman–Crippen LogP) is 2.23. The van der Waals surface area contributed by atoms with E-state index in [2.05, 4.69) is 0 Å². The minimum atomic E-state index is -3.62. The molecule has 0 aromatic heterocycles. The monoisotopic (exact) mass is 321 g/mol. The molecule has 1 aliphatic heterocycles. The van der Waals surface area contributed by atoms with Gasteiger partial charge in [0.15, 0.2) is 0 Å². The maximum absolute atomic E-state index is 13.2. The largest absolute Gasteiger partial charge is 0.377 e. The van der Waals surface area contributed by atoms with E-state index in [1.54, 1.807) is 0 Å². The second kappa shape index (κ2) is 6.85. The molecule has 0 radical (unpaired) electrons.